The summed E-state index contributed by atoms with van der Waals surface area (Å²) in [6.45, 7) is 1.53. The van der Waals surface area contributed by atoms with Crippen LogP contribution >= 0.6 is 0 Å². The molecule has 0 spiro atoms. The fraction of sp³-hybridized carbons (Fsp3) is 1.00. The molecule has 0 heterocycles. The van der Waals surface area contributed by atoms with E-state index in [4.69, 9.17) is 15.3 Å². The number of nitro groups is 1. The normalized spacial score (nSPS) is 6.10. The first-order valence-corrected chi connectivity index (χ1v) is 1.94. The van der Waals surface area contributed by atoms with Gasteiger partial charge in [0.15, 0.2) is 0 Å². The minimum atomic E-state index is -1.75. The number of quaternary nitrogens is 1. The molecule has 0 fully saturated rings. The van der Waals surface area contributed by atoms with Crippen molar-refractivity contribution in [3.63, 3.8) is 0 Å². The van der Waals surface area contributed by atoms with Crippen molar-refractivity contribution in [1.82, 2.24) is 6.15 Å². The van der Waals surface area contributed by atoms with E-state index in [2.05, 4.69) is 0 Å². The third-order valence-corrected chi connectivity index (χ3v) is 0.258. The van der Waals surface area contributed by atoms with Gasteiger partial charge in [0.25, 0.3) is 0 Å². The SMILES string of the molecule is CC[N+](=O)[O-].O=[N+]([O-])[O-].[NH4+]. The average Bonchev–Trinajstić information content (AvgIpc) is 1.65. The van der Waals surface area contributed by atoms with Crippen LogP contribution in [0.2, 0.25) is 0 Å². The molecule has 0 aliphatic rings. The minimum Gasteiger partial charge on any atom is -0.369 e. The Labute approximate surface area is 56.3 Å². The van der Waals surface area contributed by atoms with Gasteiger partial charge in [-0.1, -0.05) is 0 Å². The summed E-state index contributed by atoms with van der Waals surface area (Å²) in [6, 6.07) is 0. The van der Waals surface area contributed by atoms with Gasteiger partial charge in [-0.3, -0.25) is 10.1 Å². The molecule has 0 aromatic rings. The van der Waals surface area contributed by atoms with Crippen molar-refractivity contribution in [3.8, 4) is 0 Å². The molecule has 0 unspecified atom stereocenters. The summed E-state index contributed by atoms with van der Waals surface area (Å²) in [7, 11) is 0. The predicted molar refractivity (Wildman–Crippen MR) is 33.9 cm³/mol. The second-order valence-corrected chi connectivity index (χ2v) is 0.873. The molecule has 10 heavy (non-hydrogen) atoms. The number of hydrogen-bond acceptors (Lipinski definition) is 5. The number of hydrogen-bond donors (Lipinski definition) is 1. The van der Waals surface area contributed by atoms with E-state index < -0.39 is 5.09 Å². The molecule has 0 saturated heterocycles. The first-order valence-electron chi connectivity index (χ1n) is 1.94. The van der Waals surface area contributed by atoms with Crippen LogP contribution in [0.15, 0.2) is 0 Å². The molecule has 0 radical (unpaired) electrons. The van der Waals surface area contributed by atoms with Crippen molar-refractivity contribution >= 4 is 0 Å². The molecule has 0 aliphatic heterocycles. The van der Waals surface area contributed by atoms with Gasteiger partial charge in [-0.25, -0.2) is 0 Å². The molecule has 8 heteroatoms. The number of nitrogens with zero attached hydrogens (tertiary/aromatic N) is 2. The molecule has 62 valence electrons. The molecule has 0 saturated carbocycles. The third-order valence-electron chi connectivity index (χ3n) is 0.258. The van der Waals surface area contributed by atoms with Crippen LogP contribution in [0.5, 0.6) is 0 Å². The van der Waals surface area contributed by atoms with Gasteiger partial charge in [0.2, 0.25) is 6.54 Å². The van der Waals surface area contributed by atoms with Crippen LogP contribution in [0.25, 0.3) is 0 Å². The van der Waals surface area contributed by atoms with E-state index in [1.807, 2.05) is 0 Å². The summed E-state index contributed by atoms with van der Waals surface area (Å²) in [6.07, 6.45) is 0. The summed E-state index contributed by atoms with van der Waals surface area (Å²) >= 11 is 0. The molecule has 0 atom stereocenters. The zero-order valence-electron chi connectivity index (χ0n) is 5.64. The van der Waals surface area contributed by atoms with Gasteiger partial charge in [0.05, 0.1) is 5.09 Å². The van der Waals surface area contributed by atoms with E-state index in [0.29, 0.717) is 0 Å². The lowest BCUT2D eigenvalue weighted by Gasteiger charge is -1.74. The van der Waals surface area contributed by atoms with Crippen molar-refractivity contribution < 1.29 is 10.0 Å². The van der Waals surface area contributed by atoms with Gasteiger partial charge in [-0.05, 0) is 0 Å². The van der Waals surface area contributed by atoms with Gasteiger partial charge in [-0.2, -0.15) is 0 Å². The fourth-order valence-electron chi connectivity index (χ4n) is 0. The molecule has 0 aromatic carbocycles. The Kier molecular flexibility index (Phi) is 16.7. The average molecular weight is 155 g/mol. The molecule has 0 aliphatic carbocycles. The van der Waals surface area contributed by atoms with Crippen molar-refractivity contribution in [3.05, 3.63) is 25.4 Å². The Balaban J connectivity index is -0.0000000910. The first-order chi connectivity index (χ1) is 4.00. The maximum absolute atomic E-state index is 9.17. The van der Waals surface area contributed by atoms with Crippen molar-refractivity contribution in [2.24, 2.45) is 0 Å². The topological polar surface area (TPSA) is 146 Å². The third kappa shape index (κ3) is 647. The Bertz CT molecular complexity index is 99.1. The van der Waals surface area contributed by atoms with Crippen LogP contribution in [-0.4, -0.2) is 16.6 Å². The smallest absolute Gasteiger partial charge is 0.201 e. The van der Waals surface area contributed by atoms with Gasteiger partial charge in [0, 0.05) is 11.8 Å². The lowest BCUT2D eigenvalue weighted by molar-refractivity contribution is -0.475. The standard InChI is InChI=1S/C2H5NO2.NO3.H3N/c1-2-3(4)5;2-1(3)4;/h2H2,1H3;;1H3/q;-1;/p+1. The minimum absolute atomic E-state index is 0. The van der Waals surface area contributed by atoms with E-state index in [0.717, 1.165) is 0 Å². The highest BCUT2D eigenvalue weighted by atomic mass is 16.9. The summed E-state index contributed by atoms with van der Waals surface area (Å²) in [4.78, 5) is 17.0. The van der Waals surface area contributed by atoms with Crippen LogP contribution in [-0.2, 0) is 0 Å². The van der Waals surface area contributed by atoms with Crippen LogP contribution in [0.3, 0.4) is 0 Å². The van der Waals surface area contributed by atoms with Crippen LogP contribution < -0.4 is 6.15 Å². The zero-order valence-corrected chi connectivity index (χ0v) is 5.64. The monoisotopic (exact) mass is 155 g/mol. The lowest BCUT2D eigenvalue weighted by atomic mass is 10.8. The molecular weight excluding hydrogens is 146 g/mol. The molecular formula is C2H9N3O5. The number of rotatable bonds is 1. The molecule has 8 nitrogen and oxygen atoms in total. The van der Waals surface area contributed by atoms with Gasteiger partial charge < -0.3 is 21.5 Å². The summed E-state index contributed by atoms with van der Waals surface area (Å²) in [5, 5.41) is 23.9. The second-order valence-electron chi connectivity index (χ2n) is 0.873. The summed E-state index contributed by atoms with van der Waals surface area (Å²) < 4.78 is 0. The molecule has 0 bridgehead atoms. The van der Waals surface area contributed by atoms with E-state index in [-0.39, 0.29) is 17.6 Å². The Hall–Kier alpha value is -1.44. The predicted octanol–water partition coefficient (Wildman–Crippen LogP) is 0.420. The maximum atomic E-state index is 9.17. The van der Waals surface area contributed by atoms with Crippen molar-refractivity contribution in [1.29, 1.82) is 0 Å². The van der Waals surface area contributed by atoms with Crippen molar-refractivity contribution in [2.75, 3.05) is 6.54 Å². The molecule has 0 aromatic heterocycles. The summed E-state index contributed by atoms with van der Waals surface area (Å²) in [5.74, 6) is 0. The fourth-order valence-corrected chi connectivity index (χ4v) is 0. The Morgan fingerprint density at radius 1 is 1.20 bits per heavy atom. The highest BCUT2D eigenvalue weighted by Gasteiger charge is 1.76. The first kappa shape index (κ1) is 15.8. The van der Waals surface area contributed by atoms with Crippen molar-refractivity contribution in [2.45, 2.75) is 6.92 Å². The van der Waals surface area contributed by atoms with Gasteiger partial charge in [0.1, 0.15) is 0 Å². The largest absolute Gasteiger partial charge is 0.369 e. The molecule has 0 amide bonds. The maximum Gasteiger partial charge on any atom is 0.201 e. The highest BCUT2D eigenvalue weighted by molar-refractivity contribution is 4.05. The van der Waals surface area contributed by atoms with E-state index in [1.54, 1.807) is 0 Å². The second kappa shape index (κ2) is 10.5. The quantitative estimate of drug-likeness (QED) is 0.430. The zero-order chi connectivity index (χ0) is 7.86. The summed E-state index contributed by atoms with van der Waals surface area (Å²) in [5.41, 5.74) is 0. The highest BCUT2D eigenvalue weighted by Crippen LogP contribution is 1.57. The van der Waals surface area contributed by atoms with E-state index >= 15 is 0 Å². The molecule has 4 N–H and O–H groups in total. The Morgan fingerprint density at radius 2 is 1.30 bits per heavy atom. The van der Waals surface area contributed by atoms with E-state index in [9.17, 15) is 10.1 Å². The Morgan fingerprint density at radius 3 is 1.30 bits per heavy atom. The van der Waals surface area contributed by atoms with Gasteiger partial charge in [-0.15, -0.1) is 0 Å². The lowest BCUT2D eigenvalue weighted by Crippen LogP contribution is -1.92. The van der Waals surface area contributed by atoms with Crippen LogP contribution in [0, 0.1) is 25.4 Å². The van der Waals surface area contributed by atoms with E-state index in [1.165, 1.54) is 6.92 Å². The van der Waals surface area contributed by atoms with Crippen LogP contribution in [0.4, 0.5) is 0 Å². The van der Waals surface area contributed by atoms with Crippen LogP contribution in [0.1, 0.15) is 6.92 Å². The molecule has 0 rings (SSSR count). The van der Waals surface area contributed by atoms with Gasteiger partial charge >= 0.3 is 0 Å².